The van der Waals surface area contributed by atoms with Gasteiger partial charge < -0.3 is 15.4 Å². The summed E-state index contributed by atoms with van der Waals surface area (Å²) >= 11 is 0. The van der Waals surface area contributed by atoms with Gasteiger partial charge in [0.1, 0.15) is 5.69 Å². The highest BCUT2D eigenvalue weighted by Gasteiger charge is 2.28. The summed E-state index contributed by atoms with van der Waals surface area (Å²) < 4.78 is 5.13. The fourth-order valence-electron chi connectivity index (χ4n) is 2.80. The molecule has 3 rings (SSSR count). The third-order valence-electron chi connectivity index (χ3n) is 4.48. The van der Waals surface area contributed by atoms with Crippen molar-refractivity contribution in [1.29, 1.82) is 0 Å². The van der Waals surface area contributed by atoms with Gasteiger partial charge in [0.2, 0.25) is 5.91 Å². The second-order valence-electron chi connectivity index (χ2n) is 6.65. The average molecular weight is 426 g/mol. The van der Waals surface area contributed by atoms with Crippen LogP contribution in [0.25, 0.3) is 0 Å². The van der Waals surface area contributed by atoms with Crippen LogP contribution in [0, 0.1) is 10.1 Å². The number of urea groups is 1. The maximum absolute atomic E-state index is 12.3. The van der Waals surface area contributed by atoms with Crippen molar-refractivity contribution in [3.8, 4) is 0 Å². The molecule has 0 radical (unpaired) electrons. The maximum Gasteiger partial charge on any atom is 0.338 e. The minimum Gasteiger partial charge on any atom is -0.449 e. The van der Waals surface area contributed by atoms with Crippen LogP contribution in [-0.2, 0) is 20.9 Å². The van der Waals surface area contributed by atoms with E-state index in [-0.39, 0.29) is 35.9 Å². The van der Waals surface area contributed by atoms with Gasteiger partial charge in [0.15, 0.2) is 6.10 Å². The molecule has 1 unspecified atom stereocenters. The van der Waals surface area contributed by atoms with E-state index in [1.54, 1.807) is 12.1 Å². The van der Waals surface area contributed by atoms with E-state index in [0.29, 0.717) is 5.56 Å². The molecule has 4 amide bonds. The Hall–Kier alpha value is -4.28. The molecule has 0 bridgehead atoms. The highest BCUT2D eigenvalue weighted by Crippen LogP contribution is 2.23. The third kappa shape index (κ3) is 5.01. The van der Waals surface area contributed by atoms with Gasteiger partial charge in [0.25, 0.3) is 11.6 Å². The van der Waals surface area contributed by atoms with E-state index in [1.807, 2.05) is 0 Å². The van der Waals surface area contributed by atoms with Crippen LogP contribution in [0.5, 0.6) is 0 Å². The predicted octanol–water partition coefficient (Wildman–Crippen LogP) is 1.83. The lowest BCUT2D eigenvalue weighted by molar-refractivity contribution is -0.383. The van der Waals surface area contributed by atoms with E-state index in [2.05, 4.69) is 10.6 Å². The molecule has 1 fully saturated rings. The quantitative estimate of drug-likeness (QED) is 0.297. The number of rotatable bonds is 7. The number of anilines is 1. The van der Waals surface area contributed by atoms with Crippen LogP contribution in [0.15, 0.2) is 48.5 Å². The monoisotopic (exact) mass is 426 g/mol. The Morgan fingerprint density at radius 2 is 1.87 bits per heavy atom. The van der Waals surface area contributed by atoms with Crippen molar-refractivity contribution in [2.24, 2.45) is 0 Å². The number of amides is 4. The van der Waals surface area contributed by atoms with Crippen LogP contribution in [0.1, 0.15) is 22.8 Å². The standard InChI is InChI=1S/C20H18N4O7/c1-12(18(26)22-15-4-2-3-5-16(15)24(29)30)31-19(27)14-8-6-13(7-9-14)11-23-17(25)10-21-20(23)28/h2-9,12H,10-11H2,1H3,(H,21,28)(H,22,26). The Balaban J connectivity index is 1.59. The van der Waals surface area contributed by atoms with Gasteiger partial charge in [-0.25, -0.2) is 9.59 Å². The van der Waals surface area contributed by atoms with Crippen molar-refractivity contribution in [3.63, 3.8) is 0 Å². The molecule has 1 aliphatic heterocycles. The molecular weight excluding hydrogens is 408 g/mol. The zero-order valence-corrected chi connectivity index (χ0v) is 16.4. The topological polar surface area (TPSA) is 148 Å². The SMILES string of the molecule is CC(OC(=O)c1ccc(CN2C(=O)CNC2=O)cc1)C(=O)Nc1ccccc1[N+](=O)[O-]. The molecule has 2 aromatic rings. The lowest BCUT2D eigenvalue weighted by Gasteiger charge is -2.14. The first-order valence-electron chi connectivity index (χ1n) is 9.18. The molecule has 160 valence electrons. The largest absolute Gasteiger partial charge is 0.449 e. The van der Waals surface area contributed by atoms with Gasteiger partial charge >= 0.3 is 12.0 Å². The lowest BCUT2D eigenvalue weighted by Crippen LogP contribution is -2.30. The molecule has 11 nitrogen and oxygen atoms in total. The van der Waals surface area contributed by atoms with Crippen LogP contribution in [-0.4, -0.2) is 46.3 Å². The summed E-state index contributed by atoms with van der Waals surface area (Å²) in [4.78, 5) is 59.3. The van der Waals surface area contributed by atoms with Crippen molar-refractivity contribution < 1.29 is 28.8 Å². The molecule has 1 heterocycles. The summed E-state index contributed by atoms with van der Waals surface area (Å²) in [5, 5.41) is 15.8. The molecule has 2 N–H and O–H groups in total. The van der Waals surface area contributed by atoms with E-state index in [0.717, 1.165) is 4.90 Å². The summed E-state index contributed by atoms with van der Waals surface area (Å²) in [6.45, 7) is 1.36. The van der Waals surface area contributed by atoms with Gasteiger partial charge in [0.05, 0.1) is 23.6 Å². The van der Waals surface area contributed by atoms with Crippen molar-refractivity contribution in [2.45, 2.75) is 19.6 Å². The minimum absolute atomic E-state index is 0.00903. The molecule has 11 heteroatoms. The number of carbonyl (C=O) groups excluding carboxylic acids is 4. The summed E-state index contributed by atoms with van der Waals surface area (Å²) in [5.74, 6) is -1.84. The van der Waals surface area contributed by atoms with Gasteiger partial charge in [-0.2, -0.15) is 0 Å². The Morgan fingerprint density at radius 1 is 1.19 bits per heavy atom. The van der Waals surface area contributed by atoms with E-state index in [9.17, 15) is 29.3 Å². The van der Waals surface area contributed by atoms with Gasteiger partial charge in [-0.05, 0) is 30.7 Å². The number of nitrogens with one attached hydrogen (secondary N) is 2. The Kier molecular flexibility index (Phi) is 6.24. The Bertz CT molecular complexity index is 1040. The number of ether oxygens (including phenoxy) is 1. The molecular formula is C20H18N4O7. The van der Waals surface area contributed by atoms with Crippen molar-refractivity contribution in [1.82, 2.24) is 10.2 Å². The molecule has 1 atom stereocenters. The second kappa shape index (κ2) is 9.03. The highest BCUT2D eigenvalue weighted by molar-refractivity contribution is 6.02. The van der Waals surface area contributed by atoms with Crippen molar-refractivity contribution in [2.75, 3.05) is 11.9 Å². The Morgan fingerprint density at radius 3 is 2.48 bits per heavy atom. The van der Waals surface area contributed by atoms with Crippen molar-refractivity contribution >= 4 is 35.2 Å². The first-order chi connectivity index (χ1) is 14.8. The molecule has 31 heavy (non-hydrogen) atoms. The fraction of sp³-hybridized carbons (Fsp3) is 0.200. The zero-order chi connectivity index (χ0) is 22.5. The van der Waals surface area contributed by atoms with Crippen LogP contribution < -0.4 is 10.6 Å². The molecule has 1 saturated heterocycles. The van der Waals surface area contributed by atoms with Gasteiger partial charge in [0, 0.05) is 6.07 Å². The normalized spacial score (nSPS) is 14.0. The fourth-order valence-corrected chi connectivity index (χ4v) is 2.80. The number of hydrogen-bond donors (Lipinski definition) is 2. The van der Waals surface area contributed by atoms with Crippen LogP contribution >= 0.6 is 0 Å². The van der Waals surface area contributed by atoms with Crippen LogP contribution in [0.4, 0.5) is 16.2 Å². The summed E-state index contributed by atoms with van der Waals surface area (Å²) in [5.41, 5.74) is 0.496. The number of nitro groups is 1. The number of nitro benzene ring substituents is 1. The predicted molar refractivity (Wildman–Crippen MR) is 107 cm³/mol. The van der Waals surface area contributed by atoms with Crippen LogP contribution in [0.3, 0.4) is 0 Å². The molecule has 0 spiro atoms. The summed E-state index contributed by atoms with van der Waals surface area (Å²) in [7, 11) is 0. The number of carbonyl (C=O) groups is 4. The first-order valence-corrected chi connectivity index (χ1v) is 9.18. The number of nitrogens with zero attached hydrogens (tertiary/aromatic N) is 2. The molecule has 1 aliphatic rings. The minimum atomic E-state index is -1.21. The number of benzene rings is 2. The van der Waals surface area contributed by atoms with E-state index >= 15 is 0 Å². The maximum atomic E-state index is 12.3. The average Bonchev–Trinajstić information content (AvgIpc) is 3.06. The van der Waals surface area contributed by atoms with Crippen LogP contribution in [0.2, 0.25) is 0 Å². The molecule has 0 saturated carbocycles. The summed E-state index contributed by atoms with van der Waals surface area (Å²) in [6, 6.07) is 11.1. The summed E-state index contributed by atoms with van der Waals surface area (Å²) in [6.07, 6.45) is -1.21. The van der Waals surface area contributed by atoms with E-state index < -0.39 is 28.9 Å². The second-order valence-corrected chi connectivity index (χ2v) is 6.65. The molecule has 0 aromatic heterocycles. The number of para-hydroxylation sites is 2. The van der Waals surface area contributed by atoms with Crippen molar-refractivity contribution in [3.05, 3.63) is 69.8 Å². The van der Waals surface area contributed by atoms with Gasteiger partial charge in [-0.3, -0.25) is 24.6 Å². The smallest absolute Gasteiger partial charge is 0.338 e. The number of hydrogen-bond acceptors (Lipinski definition) is 7. The third-order valence-corrected chi connectivity index (χ3v) is 4.48. The van der Waals surface area contributed by atoms with E-state index in [1.165, 1.54) is 43.3 Å². The molecule has 0 aliphatic carbocycles. The molecule has 2 aromatic carbocycles. The number of esters is 1. The number of imide groups is 1. The first kappa shape index (κ1) is 21.4. The zero-order valence-electron chi connectivity index (χ0n) is 16.4. The lowest BCUT2D eigenvalue weighted by atomic mass is 10.1. The van der Waals surface area contributed by atoms with E-state index in [4.69, 9.17) is 4.74 Å². The Labute approximate surface area is 176 Å². The van der Waals surface area contributed by atoms with Gasteiger partial charge in [-0.1, -0.05) is 24.3 Å². The van der Waals surface area contributed by atoms with Gasteiger partial charge in [-0.15, -0.1) is 0 Å². The highest BCUT2D eigenvalue weighted by atomic mass is 16.6.